The van der Waals surface area contributed by atoms with Gasteiger partial charge in [0.05, 0.1) is 16.7 Å². The number of nitrogens with zero attached hydrogens (tertiary/aromatic N) is 2. The minimum absolute atomic E-state index is 0.288. The van der Waals surface area contributed by atoms with Crippen LogP contribution in [0.5, 0.6) is 0 Å². The fourth-order valence-corrected chi connectivity index (χ4v) is 7.88. The summed E-state index contributed by atoms with van der Waals surface area (Å²) >= 11 is 0. The lowest BCUT2D eigenvalue weighted by Crippen LogP contribution is -2.09. The summed E-state index contributed by atoms with van der Waals surface area (Å²) in [6.07, 6.45) is 0. The van der Waals surface area contributed by atoms with Crippen molar-refractivity contribution in [3.63, 3.8) is 0 Å². The first-order valence-corrected chi connectivity index (χ1v) is 17.5. The lowest BCUT2D eigenvalue weighted by molar-refractivity contribution is 0.812. The largest absolute Gasteiger partial charge is 0.291 e. The van der Waals surface area contributed by atoms with Gasteiger partial charge in [-0.15, -0.1) is 0 Å². The van der Waals surface area contributed by atoms with Crippen LogP contribution >= 0.6 is 0 Å². The molecule has 8 aromatic carbocycles. The zero-order valence-electron chi connectivity index (χ0n) is 28.4. The molecule has 2 heteroatoms. The van der Waals surface area contributed by atoms with Gasteiger partial charge in [-0.05, 0) is 84.6 Å². The van der Waals surface area contributed by atoms with E-state index in [-0.39, 0.29) is 11.8 Å². The van der Waals surface area contributed by atoms with Crippen LogP contribution in [0, 0.1) is 0 Å². The van der Waals surface area contributed by atoms with E-state index in [1.165, 1.54) is 76.5 Å². The number of fused-ring (bicyclic) bond motifs is 9. The van der Waals surface area contributed by atoms with Gasteiger partial charge in [0, 0.05) is 16.3 Å². The van der Waals surface area contributed by atoms with E-state index in [0.717, 1.165) is 16.9 Å². The second-order valence-corrected chi connectivity index (χ2v) is 14.0. The van der Waals surface area contributed by atoms with Gasteiger partial charge in [-0.2, -0.15) is 0 Å². The Morgan fingerprint density at radius 1 is 0.429 bits per heavy atom. The number of aromatic nitrogens is 2. The van der Waals surface area contributed by atoms with Gasteiger partial charge in [-0.25, -0.2) is 4.98 Å². The number of imidazole rings is 1. The Morgan fingerprint density at radius 3 is 1.67 bits per heavy atom. The molecule has 236 valence electrons. The predicted octanol–water partition coefficient (Wildman–Crippen LogP) is 13.2. The molecule has 1 aromatic heterocycles. The van der Waals surface area contributed by atoms with Crippen LogP contribution in [0.4, 0.5) is 0 Å². The molecule has 2 nitrogen and oxygen atoms in total. The van der Waals surface area contributed by atoms with E-state index < -0.39 is 0 Å². The topological polar surface area (TPSA) is 17.8 Å². The average molecular weight is 631 g/mol. The van der Waals surface area contributed by atoms with Crippen LogP contribution in [0.15, 0.2) is 146 Å². The van der Waals surface area contributed by atoms with E-state index in [1.54, 1.807) is 0 Å². The summed E-state index contributed by atoms with van der Waals surface area (Å²) in [4.78, 5) is 5.65. The molecule has 0 N–H and O–H groups in total. The highest BCUT2D eigenvalue weighted by Crippen LogP contribution is 2.44. The molecule has 0 unspecified atom stereocenters. The van der Waals surface area contributed by atoms with E-state index in [1.807, 2.05) is 0 Å². The third-order valence-electron chi connectivity index (χ3n) is 10.3. The van der Waals surface area contributed by atoms with Gasteiger partial charge >= 0.3 is 0 Å². The van der Waals surface area contributed by atoms with Crippen LogP contribution < -0.4 is 0 Å². The molecule has 0 aliphatic rings. The van der Waals surface area contributed by atoms with Crippen molar-refractivity contribution in [3.8, 4) is 28.2 Å². The van der Waals surface area contributed by atoms with Gasteiger partial charge in [-0.3, -0.25) is 4.57 Å². The van der Waals surface area contributed by atoms with Crippen LogP contribution in [-0.2, 0) is 0 Å². The molecule has 1 heterocycles. The van der Waals surface area contributed by atoms with Gasteiger partial charge < -0.3 is 0 Å². The maximum atomic E-state index is 5.65. The molecule has 0 saturated heterocycles. The zero-order chi connectivity index (χ0) is 33.2. The van der Waals surface area contributed by atoms with Crippen LogP contribution in [-0.4, -0.2) is 9.55 Å². The first kappa shape index (κ1) is 29.4. The standard InChI is InChI=1S/C47H38N2/c1-29(2)42-27-35(31-14-6-5-7-15-31)28-43(30(3)4)45(42)49-46-41-21-13-11-19-39(41)38-18-10-12-20-40(38)44(46)48-47(49)34-24-25-37-33(26-34)23-22-32-16-8-9-17-36(32)37/h5-30H,1-4H3. The molecule has 0 saturated carbocycles. The molecule has 0 radical (unpaired) electrons. The monoisotopic (exact) mass is 630 g/mol. The first-order chi connectivity index (χ1) is 24.0. The molecule has 0 fully saturated rings. The van der Waals surface area contributed by atoms with E-state index in [9.17, 15) is 0 Å². The third-order valence-corrected chi connectivity index (χ3v) is 10.3. The van der Waals surface area contributed by atoms with Crippen LogP contribution in [0.25, 0.3) is 82.3 Å². The molecule has 0 amide bonds. The molecule has 0 spiro atoms. The Morgan fingerprint density at radius 2 is 0.980 bits per heavy atom. The second-order valence-electron chi connectivity index (χ2n) is 14.0. The van der Waals surface area contributed by atoms with E-state index in [0.29, 0.717) is 0 Å². The van der Waals surface area contributed by atoms with Crippen LogP contribution in [0.1, 0.15) is 50.7 Å². The normalized spacial score (nSPS) is 12.0. The Labute approximate surface area is 287 Å². The van der Waals surface area contributed by atoms with Crippen molar-refractivity contribution in [1.29, 1.82) is 0 Å². The second kappa shape index (κ2) is 11.5. The minimum Gasteiger partial charge on any atom is -0.291 e. The number of hydrogen-bond donors (Lipinski definition) is 0. The predicted molar refractivity (Wildman–Crippen MR) is 210 cm³/mol. The summed E-state index contributed by atoms with van der Waals surface area (Å²) in [7, 11) is 0. The van der Waals surface area contributed by atoms with Gasteiger partial charge in [0.25, 0.3) is 0 Å². The number of benzene rings is 8. The van der Waals surface area contributed by atoms with Crippen molar-refractivity contribution in [3.05, 3.63) is 157 Å². The quantitative estimate of drug-likeness (QED) is 0.173. The summed E-state index contributed by atoms with van der Waals surface area (Å²) in [5.41, 5.74) is 9.73. The van der Waals surface area contributed by atoms with Gasteiger partial charge in [0.2, 0.25) is 0 Å². The van der Waals surface area contributed by atoms with E-state index in [2.05, 4.69) is 178 Å². The molecule has 0 atom stereocenters. The average Bonchev–Trinajstić information content (AvgIpc) is 3.55. The summed E-state index contributed by atoms with van der Waals surface area (Å²) in [6.45, 7) is 9.30. The number of rotatable bonds is 5. The highest BCUT2D eigenvalue weighted by atomic mass is 15.1. The van der Waals surface area contributed by atoms with Gasteiger partial charge in [0.1, 0.15) is 5.82 Å². The van der Waals surface area contributed by atoms with Crippen molar-refractivity contribution < 1.29 is 0 Å². The van der Waals surface area contributed by atoms with Crippen molar-refractivity contribution in [2.24, 2.45) is 0 Å². The zero-order valence-corrected chi connectivity index (χ0v) is 28.4. The lowest BCUT2D eigenvalue weighted by atomic mass is 9.88. The van der Waals surface area contributed by atoms with E-state index >= 15 is 0 Å². The molecular weight excluding hydrogens is 593 g/mol. The molecular formula is C47H38N2. The van der Waals surface area contributed by atoms with Crippen molar-refractivity contribution in [1.82, 2.24) is 9.55 Å². The molecule has 0 bridgehead atoms. The van der Waals surface area contributed by atoms with Crippen LogP contribution in [0.3, 0.4) is 0 Å². The minimum atomic E-state index is 0.288. The van der Waals surface area contributed by atoms with Crippen LogP contribution in [0.2, 0.25) is 0 Å². The molecule has 0 aliphatic carbocycles. The SMILES string of the molecule is CC(C)c1cc(-c2ccccc2)cc(C(C)C)c1-n1c(-c2ccc3c(ccc4ccccc43)c2)nc2c3ccccc3c3ccccc3c21. The molecule has 0 aliphatic heterocycles. The maximum Gasteiger partial charge on any atom is 0.145 e. The highest BCUT2D eigenvalue weighted by molar-refractivity contribution is 6.24. The summed E-state index contributed by atoms with van der Waals surface area (Å²) in [5.74, 6) is 1.55. The Hall–Kier alpha value is -5.73. The fraction of sp³-hybridized carbons (Fsp3) is 0.128. The first-order valence-electron chi connectivity index (χ1n) is 17.5. The Bertz CT molecular complexity index is 2680. The molecule has 49 heavy (non-hydrogen) atoms. The van der Waals surface area contributed by atoms with Crippen molar-refractivity contribution in [2.45, 2.75) is 39.5 Å². The van der Waals surface area contributed by atoms with Gasteiger partial charge in [0.15, 0.2) is 0 Å². The Kier molecular flexibility index (Phi) is 6.88. The fourth-order valence-electron chi connectivity index (χ4n) is 7.88. The number of hydrogen-bond acceptors (Lipinski definition) is 1. The van der Waals surface area contributed by atoms with Crippen molar-refractivity contribution >= 4 is 54.1 Å². The lowest BCUT2D eigenvalue weighted by Gasteiger charge is -2.25. The maximum absolute atomic E-state index is 5.65. The van der Waals surface area contributed by atoms with E-state index in [4.69, 9.17) is 4.98 Å². The van der Waals surface area contributed by atoms with Gasteiger partial charge in [-0.1, -0.05) is 155 Å². The summed E-state index contributed by atoms with van der Waals surface area (Å²) < 4.78 is 2.52. The van der Waals surface area contributed by atoms with Crippen molar-refractivity contribution in [2.75, 3.05) is 0 Å². The summed E-state index contributed by atoms with van der Waals surface area (Å²) in [5, 5.41) is 9.91. The third kappa shape index (κ3) is 4.66. The Balaban J connectivity index is 1.46. The highest BCUT2D eigenvalue weighted by Gasteiger charge is 2.26. The molecule has 9 aromatic rings. The molecule has 9 rings (SSSR count). The smallest absolute Gasteiger partial charge is 0.145 e. The summed E-state index contributed by atoms with van der Waals surface area (Å²) in [6, 6.07) is 53.3.